The van der Waals surface area contributed by atoms with Gasteiger partial charge in [0.05, 0.1) is 5.54 Å². The molecule has 1 atom stereocenters. The molecular weight excluding hydrogens is 186 g/mol. The lowest BCUT2D eigenvalue weighted by Gasteiger charge is -2.20. The molecule has 3 N–H and O–H groups in total. The van der Waals surface area contributed by atoms with Gasteiger partial charge in [0.15, 0.2) is 0 Å². The van der Waals surface area contributed by atoms with E-state index in [4.69, 9.17) is 5.73 Å². The van der Waals surface area contributed by atoms with Crippen LogP contribution >= 0.6 is 0 Å². The minimum Gasteiger partial charge on any atom is -0.344 e. The van der Waals surface area contributed by atoms with Crippen molar-refractivity contribution in [1.82, 2.24) is 9.97 Å². The first-order valence-corrected chi connectivity index (χ1v) is 6.00. The Kier molecular flexibility index (Phi) is 2.83. The zero-order chi connectivity index (χ0) is 10.9. The summed E-state index contributed by atoms with van der Waals surface area (Å²) < 4.78 is 0. The first kappa shape index (κ1) is 10.7. The first-order chi connectivity index (χ1) is 7.15. The summed E-state index contributed by atoms with van der Waals surface area (Å²) in [6.07, 6.45) is 7.70. The van der Waals surface area contributed by atoms with E-state index in [0.717, 1.165) is 25.1 Å². The van der Waals surface area contributed by atoms with Gasteiger partial charge in [0.1, 0.15) is 5.82 Å². The van der Waals surface area contributed by atoms with E-state index in [-0.39, 0.29) is 5.54 Å². The van der Waals surface area contributed by atoms with Crippen LogP contribution in [0.25, 0.3) is 0 Å². The predicted molar refractivity (Wildman–Crippen MR) is 61.6 cm³/mol. The minimum atomic E-state index is -0.175. The lowest BCUT2D eigenvalue weighted by Crippen LogP contribution is -2.34. The lowest BCUT2D eigenvalue weighted by atomic mass is 9.98. The third-order valence-corrected chi connectivity index (χ3v) is 3.71. The Hall–Kier alpha value is -0.830. The molecular formula is C12H21N3. The molecule has 1 saturated carbocycles. The van der Waals surface area contributed by atoms with Crippen LogP contribution in [0.4, 0.5) is 0 Å². The molecule has 1 aromatic heterocycles. The van der Waals surface area contributed by atoms with Crippen molar-refractivity contribution in [2.45, 2.75) is 57.4 Å². The van der Waals surface area contributed by atoms with Gasteiger partial charge in [-0.3, -0.25) is 0 Å². The second-order valence-corrected chi connectivity index (χ2v) is 4.86. The highest BCUT2D eigenvalue weighted by atomic mass is 15.0. The molecule has 0 radical (unpaired) electrons. The van der Waals surface area contributed by atoms with Crippen LogP contribution < -0.4 is 5.73 Å². The summed E-state index contributed by atoms with van der Waals surface area (Å²) in [6, 6.07) is 0. The van der Waals surface area contributed by atoms with Gasteiger partial charge < -0.3 is 10.7 Å². The maximum absolute atomic E-state index is 6.34. The van der Waals surface area contributed by atoms with Crippen LogP contribution in [0, 0.1) is 0 Å². The van der Waals surface area contributed by atoms with Crippen molar-refractivity contribution in [2.75, 3.05) is 0 Å². The van der Waals surface area contributed by atoms with Gasteiger partial charge in [-0.25, -0.2) is 4.98 Å². The van der Waals surface area contributed by atoms with Gasteiger partial charge in [-0.2, -0.15) is 0 Å². The Balaban J connectivity index is 2.19. The van der Waals surface area contributed by atoms with E-state index < -0.39 is 0 Å². The first-order valence-electron chi connectivity index (χ1n) is 6.00. The molecule has 0 spiro atoms. The van der Waals surface area contributed by atoms with E-state index in [1.54, 1.807) is 0 Å². The molecule has 1 unspecified atom stereocenters. The fourth-order valence-electron chi connectivity index (χ4n) is 2.30. The highest BCUT2D eigenvalue weighted by Gasteiger charge is 2.34. The Morgan fingerprint density at radius 2 is 2.20 bits per heavy atom. The summed E-state index contributed by atoms with van der Waals surface area (Å²) in [5.41, 5.74) is 7.39. The van der Waals surface area contributed by atoms with E-state index in [1.807, 2.05) is 6.20 Å². The number of H-pyrrole nitrogens is 1. The second kappa shape index (κ2) is 3.97. The third kappa shape index (κ3) is 1.93. The highest BCUT2D eigenvalue weighted by Crippen LogP contribution is 2.35. The quantitative estimate of drug-likeness (QED) is 0.800. The highest BCUT2D eigenvalue weighted by molar-refractivity contribution is 5.14. The van der Waals surface area contributed by atoms with E-state index in [9.17, 15) is 0 Å². The average molecular weight is 207 g/mol. The molecule has 1 aliphatic rings. The number of hydrogen-bond donors (Lipinski definition) is 2. The predicted octanol–water partition coefficient (Wildman–Crippen LogP) is 2.65. The van der Waals surface area contributed by atoms with Crippen molar-refractivity contribution in [2.24, 2.45) is 5.73 Å². The number of imidazole rings is 1. The number of nitrogens with one attached hydrogen (secondary N) is 1. The van der Waals surface area contributed by atoms with Gasteiger partial charge in [-0.05, 0) is 25.2 Å². The van der Waals surface area contributed by atoms with Gasteiger partial charge >= 0.3 is 0 Å². The molecule has 1 fully saturated rings. The van der Waals surface area contributed by atoms with E-state index >= 15 is 0 Å². The molecule has 0 saturated heterocycles. The third-order valence-electron chi connectivity index (χ3n) is 3.71. The number of aromatic nitrogens is 2. The summed E-state index contributed by atoms with van der Waals surface area (Å²) in [5, 5.41) is 0. The molecule has 0 aromatic carbocycles. The van der Waals surface area contributed by atoms with E-state index in [2.05, 4.69) is 23.8 Å². The SMILES string of the molecule is CCC(C)c1cnc(C2(N)CCCC2)[nH]1. The van der Waals surface area contributed by atoms with Crippen LogP contribution in [0.15, 0.2) is 6.20 Å². The summed E-state index contributed by atoms with van der Waals surface area (Å²) in [5.74, 6) is 1.55. The molecule has 15 heavy (non-hydrogen) atoms. The molecule has 3 heteroatoms. The maximum Gasteiger partial charge on any atom is 0.126 e. The molecule has 2 rings (SSSR count). The van der Waals surface area contributed by atoms with E-state index in [0.29, 0.717) is 5.92 Å². The van der Waals surface area contributed by atoms with Gasteiger partial charge in [0.2, 0.25) is 0 Å². The fraction of sp³-hybridized carbons (Fsp3) is 0.750. The lowest BCUT2D eigenvalue weighted by molar-refractivity contribution is 0.434. The zero-order valence-electron chi connectivity index (χ0n) is 9.71. The van der Waals surface area contributed by atoms with Crippen molar-refractivity contribution < 1.29 is 0 Å². The van der Waals surface area contributed by atoms with Crippen LogP contribution in [0.2, 0.25) is 0 Å². The molecule has 0 amide bonds. The van der Waals surface area contributed by atoms with Crippen LogP contribution in [-0.2, 0) is 5.54 Å². The number of nitrogens with two attached hydrogens (primary N) is 1. The molecule has 1 heterocycles. The van der Waals surface area contributed by atoms with Gasteiger partial charge in [0.25, 0.3) is 0 Å². The minimum absolute atomic E-state index is 0.175. The number of rotatable bonds is 3. The topological polar surface area (TPSA) is 54.7 Å². The van der Waals surface area contributed by atoms with Crippen molar-refractivity contribution in [3.05, 3.63) is 17.7 Å². The monoisotopic (exact) mass is 207 g/mol. The van der Waals surface area contributed by atoms with Crippen LogP contribution in [-0.4, -0.2) is 9.97 Å². The van der Waals surface area contributed by atoms with Crippen LogP contribution in [0.5, 0.6) is 0 Å². The Labute approximate surface area is 91.5 Å². The summed E-state index contributed by atoms with van der Waals surface area (Å²) in [7, 11) is 0. The van der Waals surface area contributed by atoms with Gasteiger partial charge in [-0.1, -0.05) is 26.7 Å². The summed E-state index contributed by atoms with van der Waals surface area (Å²) in [6.45, 7) is 4.41. The molecule has 0 aliphatic heterocycles. The zero-order valence-corrected chi connectivity index (χ0v) is 9.71. The van der Waals surface area contributed by atoms with Crippen molar-refractivity contribution in [3.63, 3.8) is 0 Å². The van der Waals surface area contributed by atoms with Gasteiger partial charge in [-0.15, -0.1) is 0 Å². The molecule has 84 valence electrons. The summed E-state index contributed by atoms with van der Waals surface area (Å²) in [4.78, 5) is 7.87. The average Bonchev–Trinajstić information content (AvgIpc) is 2.85. The number of nitrogens with zero attached hydrogens (tertiary/aromatic N) is 1. The molecule has 1 aromatic rings. The van der Waals surface area contributed by atoms with Crippen molar-refractivity contribution in [3.8, 4) is 0 Å². The second-order valence-electron chi connectivity index (χ2n) is 4.86. The summed E-state index contributed by atoms with van der Waals surface area (Å²) >= 11 is 0. The van der Waals surface area contributed by atoms with E-state index in [1.165, 1.54) is 18.5 Å². The van der Waals surface area contributed by atoms with Crippen molar-refractivity contribution >= 4 is 0 Å². The van der Waals surface area contributed by atoms with Crippen molar-refractivity contribution in [1.29, 1.82) is 0 Å². The van der Waals surface area contributed by atoms with Gasteiger partial charge in [0, 0.05) is 11.9 Å². The standard InChI is InChI=1S/C12H21N3/c1-3-9(2)10-8-14-11(15-10)12(13)6-4-5-7-12/h8-9H,3-7,13H2,1-2H3,(H,14,15). The largest absolute Gasteiger partial charge is 0.344 e. The molecule has 1 aliphatic carbocycles. The molecule has 0 bridgehead atoms. The fourth-order valence-corrected chi connectivity index (χ4v) is 2.30. The molecule has 3 nitrogen and oxygen atoms in total. The van der Waals surface area contributed by atoms with Crippen LogP contribution in [0.3, 0.4) is 0 Å². The smallest absolute Gasteiger partial charge is 0.126 e. The number of hydrogen-bond acceptors (Lipinski definition) is 2. The Bertz CT molecular complexity index is 323. The van der Waals surface area contributed by atoms with Crippen LogP contribution in [0.1, 0.15) is 63.4 Å². The normalized spacial score (nSPS) is 21.8. The Morgan fingerprint density at radius 3 is 2.80 bits per heavy atom. The maximum atomic E-state index is 6.34. The Morgan fingerprint density at radius 1 is 1.53 bits per heavy atom. The number of aromatic amines is 1.